The molecule has 1 unspecified atom stereocenters. The predicted molar refractivity (Wildman–Crippen MR) is 130 cm³/mol. The van der Waals surface area contributed by atoms with Crippen molar-refractivity contribution in [1.29, 1.82) is 0 Å². The molecule has 2 aromatic carbocycles. The molecule has 0 spiro atoms. The van der Waals surface area contributed by atoms with E-state index in [9.17, 15) is 14.7 Å². The van der Waals surface area contributed by atoms with Crippen molar-refractivity contribution >= 4 is 51.2 Å². The number of aliphatic hydroxyl groups is 1. The molecule has 0 aliphatic carbocycles. The van der Waals surface area contributed by atoms with Crippen LogP contribution in [0.2, 0.25) is 5.02 Å². The highest BCUT2D eigenvalue weighted by atomic mass is 35.5. The van der Waals surface area contributed by atoms with Gasteiger partial charge in [-0.25, -0.2) is 4.98 Å². The van der Waals surface area contributed by atoms with Gasteiger partial charge in [-0.2, -0.15) is 0 Å². The third-order valence-corrected chi connectivity index (χ3v) is 7.21. The van der Waals surface area contributed by atoms with Crippen LogP contribution in [0.4, 0.5) is 5.69 Å². The maximum Gasteiger partial charge on any atom is 0.294 e. The number of aliphatic hydroxyl groups excluding tert-OH is 1. The zero-order valence-electron chi connectivity index (χ0n) is 18.1. The van der Waals surface area contributed by atoms with Crippen LogP contribution in [0, 0.1) is 20.8 Å². The number of fused-ring (bicyclic) bond motifs is 1. The van der Waals surface area contributed by atoms with Gasteiger partial charge in [0.2, 0.25) is 5.78 Å². The number of halogens is 1. The molecule has 2 N–H and O–H groups in total. The van der Waals surface area contributed by atoms with Crippen LogP contribution in [0.1, 0.15) is 37.7 Å². The summed E-state index contributed by atoms with van der Waals surface area (Å²) in [4.78, 5) is 36.7. The SMILES string of the molecule is Cc1nc(C)c(C(=O)C2=C(O)C(=O)N(c3ccc(Cl)cc3)C2c2c(C)[nH]c3ccccc23)s1. The second kappa shape index (κ2) is 7.86. The van der Waals surface area contributed by atoms with Crippen LogP contribution in [0.5, 0.6) is 0 Å². The second-order valence-electron chi connectivity index (χ2n) is 8.00. The topological polar surface area (TPSA) is 86.3 Å². The number of rotatable bonds is 4. The van der Waals surface area contributed by atoms with E-state index in [1.54, 1.807) is 31.2 Å². The lowest BCUT2D eigenvalue weighted by Crippen LogP contribution is -2.31. The summed E-state index contributed by atoms with van der Waals surface area (Å²) in [5, 5.41) is 13.2. The number of thiazole rings is 1. The number of nitrogens with one attached hydrogen (secondary N) is 1. The molecule has 6 nitrogen and oxygen atoms in total. The predicted octanol–water partition coefficient (Wildman–Crippen LogP) is 5.99. The Kier molecular flexibility index (Phi) is 5.11. The van der Waals surface area contributed by atoms with E-state index in [2.05, 4.69) is 9.97 Å². The number of para-hydroxylation sites is 1. The molecule has 33 heavy (non-hydrogen) atoms. The summed E-state index contributed by atoms with van der Waals surface area (Å²) in [6.07, 6.45) is 0. The number of carbonyl (C=O) groups excluding carboxylic acids is 2. The number of amides is 1. The molecule has 4 aromatic rings. The van der Waals surface area contributed by atoms with Gasteiger partial charge in [-0.05, 0) is 51.1 Å². The summed E-state index contributed by atoms with van der Waals surface area (Å²) in [7, 11) is 0. The van der Waals surface area contributed by atoms with Crippen LogP contribution in [0.15, 0.2) is 59.9 Å². The van der Waals surface area contributed by atoms with Crippen LogP contribution >= 0.6 is 22.9 Å². The zero-order valence-corrected chi connectivity index (χ0v) is 19.7. The summed E-state index contributed by atoms with van der Waals surface area (Å²) >= 11 is 7.33. The molecule has 0 bridgehead atoms. The molecule has 1 aliphatic heterocycles. The molecule has 2 aromatic heterocycles. The summed E-state index contributed by atoms with van der Waals surface area (Å²) in [5.41, 5.74) is 3.62. The van der Waals surface area contributed by atoms with Crippen LogP contribution in [-0.2, 0) is 4.79 Å². The lowest BCUT2D eigenvalue weighted by atomic mass is 9.92. The van der Waals surface area contributed by atoms with E-state index in [-0.39, 0.29) is 5.57 Å². The first kappa shape index (κ1) is 21.4. The molecular weight excluding hydrogens is 458 g/mol. The van der Waals surface area contributed by atoms with Gasteiger partial charge in [-0.3, -0.25) is 14.5 Å². The van der Waals surface area contributed by atoms with Crippen molar-refractivity contribution in [2.75, 3.05) is 4.90 Å². The summed E-state index contributed by atoms with van der Waals surface area (Å²) < 4.78 is 0. The molecule has 1 aliphatic rings. The number of anilines is 1. The van der Waals surface area contributed by atoms with Crippen LogP contribution in [-0.4, -0.2) is 26.8 Å². The average molecular weight is 478 g/mol. The minimum absolute atomic E-state index is 0.0505. The monoisotopic (exact) mass is 477 g/mol. The van der Waals surface area contributed by atoms with Gasteiger partial charge < -0.3 is 10.1 Å². The highest BCUT2D eigenvalue weighted by Crippen LogP contribution is 2.46. The Bertz CT molecular complexity index is 1470. The fourth-order valence-corrected chi connectivity index (χ4v) is 5.49. The van der Waals surface area contributed by atoms with Crippen molar-refractivity contribution in [3.63, 3.8) is 0 Å². The van der Waals surface area contributed by atoms with E-state index in [1.807, 2.05) is 38.1 Å². The van der Waals surface area contributed by atoms with E-state index < -0.39 is 23.5 Å². The number of carbonyl (C=O) groups is 2. The van der Waals surface area contributed by atoms with Crippen molar-refractivity contribution in [3.05, 3.63) is 91.7 Å². The lowest BCUT2D eigenvalue weighted by molar-refractivity contribution is -0.117. The minimum Gasteiger partial charge on any atom is -0.503 e. The summed E-state index contributed by atoms with van der Waals surface area (Å²) in [6, 6.07) is 13.7. The number of nitrogens with zero attached hydrogens (tertiary/aromatic N) is 2. The molecule has 1 amide bonds. The Balaban J connectivity index is 1.77. The van der Waals surface area contributed by atoms with Gasteiger partial charge in [0, 0.05) is 32.9 Å². The van der Waals surface area contributed by atoms with Gasteiger partial charge in [-0.1, -0.05) is 29.8 Å². The standard InChI is InChI=1S/C25H20ClN3O3S/c1-12-19(17-6-4-5-7-18(17)28-12)21-20(22(30)24-13(2)27-14(3)33-24)23(31)25(32)29(21)16-10-8-15(26)9-11-16/h4-11,21,28,31H,1-3H3. The Labute approximate surface area is 199 Å². The molecule has 0 fully saturated rings. The van der Waals surface area contributed by atoms with E-state index in [1.165, 1.54) is 16.2 Å². The molecular formula is C25H20ClN3O3S. The van der Waals surface area contributed by atoms with E-state index in [0.717, 1.165) is 27.2 Å². The first-order chi connectivity index (χ1) is 15.8. The Morgan fingerprint density at radius 2 is 1.82 bits per heavy atom. The number of aromatic amines is 1. The van der Waals surface area contributed by atoms with Crippen molar-refractivity contribution in [1.82, 2.24) is 9.97 Å². The Morgan fingerprint density at radius 3 is 2.48 bits per heavy atom. The number of hydrogen-bond donors (Lipinski definition) is 2. The number of Topliss-reactive ketones (excluding diaryl/α,β-unsaturated/α-hetero) is 1. The highest BCUT2D eigenvalue weighted by Gasteiger charge is 2.46. The lowest BCUT2D eigenvalue weighted by Gasteiger charge is -2.27. The molecule has 0 radical (unpaired) electrons. The first-order valence-corrected chi connectivity index (χ1v) is 11.6. The largest absolute Gasteiger partial charge is 0.503 e. The van der Waals surface area contributed by atoms with Crippen molar-refractivity contribution in [2.24, 2.45) is 0 Å². The van der Waals surface area contributed by atoms with Gasteiger partial charge >= 0.3 is 0 Å². The van der Waals surface area contributed by atoms with E-state index in [4.69, 9.17) is 11.6 Å². The number of benzene rings is 2. The molecule has 0 saturated carbocycles. The Hall–Kier alpha value is -3.42. The summed E-state index contributed by atoms with van der Waals surface area (Å²) in [5.74, 6) is -1.57. The van der Waals surface area contributed by atoms with Crippen molar-refractivity contribution < 1.29 is 14.7 Å². The first-order valence-electron chi connectivity index (χ1n) is 10.4. The third kappa shape index (κ3) is 3.35. The van der Waals surface area contributed by atoms with Crippen LogP contribution in [0.3, 0.4) is 0 Å². The van der Waals surface area contributed by atoms with Gasteiger partial charge in [0.25, 0.3) is 5.91 Å². The van der Waals surface area contributed by atoms with Crippen LogP contribution in [0.25, 0.3) is 10.9 Å². The van der Waals surface area contributed by atoms with Crippen molar-refractivity contribution in [3.8, 4) is 0 Å². The smallest absolute Gasteiger partial charge is 0.294 e. The van der Waals surface area contributed by atoms with Gasteiger partial charge in [0.15, 0.2) is 5.76 Å². The molecule has 8 heteroatoms. The number of ketones is 1. The maximum absolute atomic E-state index is 13.8. The summed E-state index contributed by atoms with van der Waals surface area (Å²) in [6.45, 7) is 5.48. The third-order valence-electron chi connectivity index (χ3n) is 5.88. The second-order valence-corrected chi connectivity index (χ2v) is 9.64. The molecule has 5 rings (SSSR count). The fourth-order valence-electron chi connectivity index (χ4n) is 4.49. The fraction of sp³-hybridized carbons (Fsp3) is 0.160. The quantitative estimate of drug-likeness (QED) is 0.354. The highest BCUT2D eigenvalue weighted by molar-refractivity contribution is 7.14. The molecule has 1 atom stereocenters. The Morgan fingerprint density at radius 1 is 1.12 bits per heavy atom. The average Bonchev–Trinajstić information content (AvgIpc) is 3.38. The number of aromatic nitrogens is 2. The molecule has 3 heterocycles. The van der Waals surface area contributed by atoms with Gasteiger partial charge in [-0.15, -0.1) is 11.3 Å². The van der Waals surface area contributed by atoms with Gasteiger partial charge in [0.1, 0.15) is 0 Å². The molecule has 166 valence electrons. The zero-order chi connectivity index (χ0) is 23.4. The minimum atomic E-state index is -0.816. The van der Waals surface area contributed by atoms with Crippen LogP contribution < -0.4 is 4.90 Å². The van der Waals surface area contributed by atoms with E-state index >= 15 is 0 Å². The normalized spacial score (nSPS) is 16.3. The number of aryl methyl sites for hydroxylation is 3. The number of hydrogen-bond acceptors (Lipinski definition) is 5. The van der Waals surface area contributed by atoms with Crippen molar-refractivity contribution in [2.45, 2.75) is 26.8 Å². The van der Waals surface area contributed by atoms with Gasteiger partial charge in [0.05, 0.1) is 27.2 Å². The van der Waals surface area contributed by atoms with E-state index in [0.29, 0.717) is 21.3 Å². The molecule has 0 saturated heterocycles. The maximum atomic E-state index is 13.8. The number of H-pyrrole nitrogens is 1.